The van der Waals surface area contributed by atoms with Crippen LogP contribution in [0.2, 0.25) is 0 Å². The number of aliphatic imine (C=N–C) groups is 1. The van der Waals surface area contributed by atoms with Crippen LogP contribution in [0.1, 0.15) is 26.3 Å². The highest BCUT2D eigenvalue weighted by molar-refractivity contribution is 6.03. The molecule has 0 radical (unpaired) electrons. The second-order valence-corrected chi connectivity index (χ2v) is 4.13. The van der Waals surface area contributed by atoms with Gasteiger partial charge in [-0.3, -0.25) is 4.99 Å². The van der Waals surface area contributed by atoms with Crippen LogP contribution in [0.25, 0.3) is 0 Å². The first-order valence-electron chi connectivity index (χ1n) is 5.92. The van der Waals surface area contributed by atoms with Gasteiger partial charge in [0.1, 0.15) is 5.75 Å². The van der Waals surface area contributed by atoms with Crippen molar-refractivity contribution in [2.45, 2.75) is 0 Å². The first kappa shape index (κ1) is 14.3. The Morgan fingerprint density at radius 2 is 1.48 bits per heavy atom. The first-order valence-corrected chi connectivity index (χ1v) is 5.92. The molecule has 21 heavy (non-hydrogen) atoms. The zero-order valence-electron chi connectivity index (χ0n) is 10.7. The molecule has 6 nitrogen and oxygen atoms in total. The van der Waals surface area contributed by atoms with Crippen LogP contribution in [0.5, 0.6) is 5.75 Å². The molecule has 0 saturated heterocycles. The van der Waals surface area contributed by atoms with Gasteiger partial charge in [-0.2, -0.15) is 0 Å². The molecular weight excluding hydrogens is 274 g/mol. The minimum absolute atomic E-state index is 0.0362. The zero-order valence-corrected chi connectivity index (χ0v) is 10.7. The van der Waals surface area contributed by atoms with E-state index in [1.54, 1.807) is 18.2 Å². The normalized spacial score (nSPS) is 10.7. The topological polar surface area (TPSA) is 107 Å². The van der Waals surface area contributed by atoms with Crippen molar-refractivity contribution >= 4 is 23.8 Å². The summed E-state index contributed by atoms with van der Waals surface area (Å²) in [5.41, 5.74) is -0.252. The molecule has 0 bridgehead atoms. The Balaban J connectivity index is 2.55. The van der Waals surface area contributed by atoms with Crippen molar-refractivity contribution < 1.29 is 24.9 Å². The molecule has 2 aromatic rings. The third-order valence-electron chi connectivity index (χ3n) is 2.77. The van der Waals surface area contributed by atoms with Gasteiger partial charge in [-0.25, -0.2) is 9.59 Å². The van der Waals surface area contributed by atoms with Gasteiger partial charge in [-0.15, -0.1) is 0 Å². The van der Waals surface area contributed by atoms with Gasteiger partial charge in [0.15, 0.2) is 0 Å². The average molecular weight is 285 g/mol. The Labute approximate surface area is 119 Å². The van der Waals surface area contributed by atoms with E-state index in [4.69, 9.17) is 10.2 Å². The number of hydrogen-bond donors (Lipinski definition) is 3. The lowest BCUT2D eigenvalue weighted by Crippen LogP contribution is -2.03. The Hall–Kier alpha value is -3.15. The summed E-state index contributed by atoms with van der Waals surface area (Å²) >= 11 is 0. The lowest BCUT2D eigenvalue weighted by atomic mass is 10.1. The van der Waals surface area contributed by atoms with E-state index in [9.17, 15) is 14.7 Å². The van der Waals surface area contributed by atoms with Crippen molar-refractivity contribution in [2.75, 3.05) is 0 Å². The molecule has 0 aromatic heterocycles. The van der Waals surface area contributed by atoms with Crippen molar-refractivity contribution in [3.8, 4) is 5.75 Å². The maximum atomic E-state index is 11.2. The van der Waals surface area contributed by atoms with E-state index in [1.807, 2.05) is 0 Å². The summed E-state index contributed by atoms with van der Waals surface area (Å²) in [7, 11) is 0. The molecular formula is C15H11NO5. The molecule has 0 aliphatic rings. The van der Waals surface area contributed by atoms with Crippen molar-refractivity contribution in [1.82, 2.24) is 0 Å². The van der Waals surface area contributed by atoms with Gasteiger partial charge in [-0.05, 0) is 24.3 Å². The summed E-state index contributed by atoms with van der Waals surface area (Å²) < 4.78 is 0. The standard InChI is InChI=1S/C15H11NO5/c17-12-7-2-1-4-9(12)8-16-13-10(14(18)19)5-3-6-11(13)15(20)21/h1-8,17H,(H,18,19)(H,20,21). The zero-order chi connectivity index (χ0) is 15.4. The Morgan fingerprint density at radius 1 is 0.905 bits per heavy atom. The molecule has 0 unspecified atom stereocenters. The van der Waals surface area contributed by atoms with Gasteiger partial charge >= 0.3 is 11.9 Å². The molecule has 0 saturated carbocycles. The van der Waals surface area contributed by atoms with E-state index in [0.717, 1.165) is 0 Å². The van der Waals surface area contributed by atoms with Crippen LogP contribution in [-0.4, -0.2) is 33.5 Å². The highest BCUT2D eigenvalue weighted by Gasteiger charge is 2.17. The molecule has 6 heteroatoms. The lowest BCUT2D eigenvalue weighted by Gasteiger charge is -2.05. The van der Waals surface area contributed by atoms with E-state index in [-0.39, 0.29) is 22.6 Å². The molecule has 0 aliphatic heterocycles. The van der Waals surface area contributed by atoms with Crippen molar-refractivity contribution in [1.29, 1.82) is 0 Å². The van der Waals surface area contributed by atoms with Crippen molar-refractivity contribution in [3.05, 3.63) is 59.2 Å². The number of carbonyl (C=O) groups is 2. The van der Waals surface area contributed by atoms with E-state index in [1.165, 1.54) is 30.5 Å². The minimum Gasteiger partial charge on any atom is -0.507 e. The fourth-order valence-electron chi connectivity index (χ4n) is 1.76. The van der Waals surface area contributed by atoms with E-state index >= 15 is 0 Å². The van der Waals surface area contributed by atoms with Gasteiger partial charge in [0.25, 0.3) is 0 Å². The minimum atomic E-state index is -1.28. The van der Waals surface area contributed by atoms with Crippen molar-refractivity contribution in [2.24, 2.45) is 4.99 Å². The molecule has 0 amide bonds. The van der Waals surface area contributed by atoms with Crippen LogP contribution in [0.4, 0.5) is 5.69 Å². The highest BCUT2D eigenvalue weighted by Crippen LogP contribution is 2.25. The predicted molar refractivity (Wildman–Crippen MR) is 75.7 cm³/mol. The first-order chi connectivity index (χ1) is 10.0. The Bertz CT molecular complexity index is 704. The van der Waals surface area contributed by atoms with Gasteiger partial charge in [-0.1, -0.05) is 18.2 Å². The fraction of sp³-hybridized carbons (Fsp3) is 0. The lowest BCUT2D eigenvalue weighted by molar-refractivity contribution is 0.0696. The molecule has 3 N–H and O–H groups in total. The molecule has 0 spiro atoms. The fourth-order valence-corrected chi connectivity index (χ4v) is 1.76. The summed E-state index contributed by atoms with van der Waals surface area (Å²) in [5, 5.41) is 27.8. The maximum Gasteiger partial charge on any atom is 0.337 e. The predicted octanol–water partition coefficient (Wildman–Crippen LogP) is 2.54. The number of carboxylic acid groups (broad SMARTS) is 2. The molecule has 106 valence electrons. The van der Waals surface area contributed by atoms with Crippen LogP contribution >= 0.6 is 0 Å². The van der Waals surface area contributed by atoms with E-state index < -0.39 is 11.9 Å². The number of benzene rings is 2. The molecule has 0 aliphatic carbocycles. The van der Waals surface area contributed by atoms with Crippen molar-refractivity contribution in [3.63, 3.8) is 0 Å². The van der Waals surface area contributed by atoms with Crippen LogP contribution in [0.15, 0.2) is 47.5 Å². The summed E-state index contributed by atoms with van der Waals surface area (Å²) in [6, 6.07) is 10.2. The van der Waals surface area contributed by atoms with E-state index in [0.29, 0.717) is 5.56 Å². The number of rotatable bonds is 4. The second-order valence-electron chi connectivity index (χ2n) is 4.13. The summed E-state index contributed by atoms with van der Waals surface area (Å²) in [5.74, 6) is -2.59. The highest BCUT2D eigenvalue weighted by atomic mass is 16.4. The number of nitrogens with zero attached hydrogens (tertiary/aromatic N) is 1. The second kappa shape index (κ2) is 5.87. The quantitative estimate of drug-likeness (QED) is 0.748. The molecule has 2 aromatic carbocycles. The third kappa shape index (κ3) is 3.06. The number of hydrogen-bond acceptors (Lipinski definition) is 4. The van der Waals surface area contributed by atoms with E-state index in [2.05, 4.69) is 4.99 Å². The summed E-state index contributed by atoms with van der Waals surface area (Å²) in [4.78, 5) is 26.3. The monoisotopic (exact) mass is 285 g/mol. The molecule has 2 rings (SSSR count). The van der Waals surface area contributed by atoms with Gasteiger partial charge in [0, 0.05) is 11.8 Å². The van der Waals surface area contributed by atoms with Gasteiger partial charge in [0.2, 0.25) is 0 Å². The summed E-state index contributed by atoms with van der Waals surface area (Å²) in [6.45, 7) is 0. The number of carboxylic acids is 2. The Kier molecular flexibility index (Phi) is 3.99. The van der Waals surface area contributed by atoms with Gasteiger partial charge < -0.3 is 15.3 Å². The third-order valence-corrected chi connectivity index (χ3v) is 2.77. The van der Waals surface area contributed by atoms with Gasteiger partial charge in [0.05, 0.1) is 16.8 Å². The molecule has 0 heterocycles. The molecule has 0 atom stereocenters. The average Bonchev–Trinajstić information content (AvgIpc) is 2.45. The number of phenols is 1. The SMILES string of the molecule is O=C(O)c1cccc(C(=O)O)c1N=Cc1ccccc1O. The number of phenolic OH excluding ortho intramolecular Hbond substituents is 1. The van der Waals surface area contributed by atoms with Crippen LogP contribution in [0.3, 0.4) is 0 Å². The smallest absolute Gasteiger partial charge is 0.337 e. The number of aromatic hydroxyl groups is 1. The summed E-state index contributed by atoms with van der Waals surface area (Å²) in [6.07, 6.45) is 1.23. The maximum absolute atomic E-state index is 11.2. The number of para-hydroxylation sites is 2. The number of aromatic carboxylic acids is 2. The van der Waals surface area contributed by atoms with Crippen LogP contribution in [0, 0.1) is 0 Å². The van der Waals surface area contributed by atoms with Crippen LogP contribution < -0.4 is 0 Å². The molecule has 0 fully saturated rings. The van der Waals surface area contributed by atoms with Crippen LogP contribution in [-0.2, 0) is 0 Å². The largest absolute Gasteiger partial charge is 0.507 e. The Morgan fingerprint density at radius 3 is 2.00 bits per heavy atom.